The fourth-order valence-corrected chi connectivity index (χ4v) is 4.98. The minimum atomic E-state index is -0.361. The standard InChI is InChI=1S/C29H24Cl2FN5O/c1-17-2-4-20(16-33-17)35-24-14-27-29(15-25(24)34-19-8-10-38-11-9-19)37(21-5-6-22(30)23(31)13-21)28-7-3-18(32)12-26(28)36-27/h2-7,12-16,19,35H,8-11H2,1H3/b34-25+. The average molecular weight is 548 g/mol. The van der Waals surface area contributed by atoms with E-state index in [4.69, 9.17) is 37.9 Å². The van der Waals surface area contributed by atoms with Gasteiger partial charge < -0.3 is 14.6 Å². The number of pyridine rings is 1. The van der Waals surface area contributed by atoms with E-state index in [0.717, 1.165) is 52.2 Å². The van der Waals surface area contributed by atoms with Crippen molar-refractivity contribution in [3.63, 3.8) is 0 Å². The maximum absolute atomic E-state index is 14.3. The molecule has 3 heterocycles. The number of rotatable bonds is 4. The minimum absolute atomic E-state index is 0.138. The number of nitrogens with one attached hydrogen (secondary N) is 1. The predicted octanol–water partition coefficient (Wildman–Crippen LogP) is 7.10. The molecule has 192 valence electrons. The Bertz CT molecular complexity index is 1680. The molecule has 1 aliphatic carbocycles. The van der Waals surface area contributed by atoms with Crippen LogP contribution in [0.4, 0.5) is 15.8 Å². The Morgan fingerprint density at radius 1 is 1.00 bits per heavy atom. The fourth-order valence-electron chi connectivity index (χ4n) is 4.69. The second kappa shape index (κ2) is 10.3. The van der Waals surface area contributed by atoms with E-state index in [-0.39, 0.29) is 11.9 Å². The van der Waals surface area contributed by atoms with Crippen LogP contribution in [0.5, 0.6) is 0 Å². The summed E-state index contributed by atoms with van der Waals surface area (Å²) in [6.07, 6.45) is 3.49. The van der Waals surface area contributed by atoms with Crippen LogP contribution in [0.1, 0.15) is 18.5 Å². The maximum atomic E-state index is 14.3. The van der Waals surface area contributed by atoms with Crippen molar-refractivity contribution < 1.29 is 9.13 Å². The van der Waals surface area contributed by atoms with Crippen molar-refractivity contribution in [2.75, 3.05) is 18.5 Å². The summed E-state index contributed by atoms with van der Waals surface area (Å²) >= 11 is 12.6. The van der Waals surface area contributed by atoms with Gasteiger partial charge in [-0.3, -0.25) is 9.98 Å². The van der Waals surface area contributed by atoms with Crippen LogP contribution in [0.15, 0.2) is 71.9 Å². The smallest absolute Gasteiger partial charge is 0.125 e. The SMILES string of the molecule is Cc1ccc(Nc2cc3nc4cc(F)ccc4n(-c4ccc(Cl)c(Cl)c4)c-3c/c2=N\C2CCOCC2)cn1. The normalized spacial score (nSPS) is 14.9. The van der Waals surface area contributed by atoms with E-state index in [1.165, 1.54) is 12.1 Å². The summed E-state index contributed by atoms with van der Waals surface area (Å²) in [7, 11) is 0. The van der Waals surface area contributed by atoms with Crippen LogP contribution in [-0.2, 0) is 4.74 Å². The molecule has 0 unspecified atom stereocenters. The Kier molecular flexibility index (Phi) is 6.74. The van der Waals surface area contributed by atoms with Gasteiger partial charge in [0.1, 0.15) is 5.82 Å². The number of nitrogens with zero attached hydrogens (tertiary/aromatic N) is 4. The lowest BCUT2D eigenvalue weighted by Gasteiger charge is -2.22. The number of aryl methyl sites for hydroxylation is 1. The van der Waals surface area contributed by atoms with E-state index < -0.39 is 0 Å². The molecule has 3 aliphatic rings. The molecular formula is C29H24Cl2FN5O. The van der Waals surface area contributed by atoms with Gasteiger partial charge in [0.25, 0.3) is 0 Å². The number of benzene rings is 3. The molecule has 6 nitrogen and oxygen atoms in total. The zero-order chi connectivity index (χ0) is 26.2. The summed E-state index contributed by atoms with van der Waals surface area (Å²) in [5.41, 5.74) is 6.06. The molecule has 0 spiro atoms. The highest BCUT2D eigenvalue weighted by atomic mass is 35.5. The number of aromatic nitrogens is 3. The van der Waals surface area contributed by atoms with Crippen LogP contribution < -0.4 is 10.7 Å². The number of ether oxygens (including phenoxy) is 1. The van der Waals surface area contributed by atoms with Crippen molar-refractivity contribution in [1.29, 1.82) is 0 Å². The molecule has 3 aromatic rings. The lowest BCUT2D eigenvalue weighted by atomic mass is 10.1. The second-order valence-corrected chi connectivity index (χ2v) is 10.1. The van der Waals surface area contributed by atoms with Gasteiger partial charge in [0.15, 0.2) is 0 Å². The van der Waals surface area contributed by atoms with Crippen LogP contribution in [0.2, 0.25) is 10.0 Å². The lowest BCUT2D eigenvalue weighted by Crippen LogP contribution is -2.23. The van der Waals surface area contributed by atoms with Gasteiger partial charge in [0.05, 0.1) is 61.4 Å². The van der Waals surface area contributed by atoms with E-state index in [0.29, 0.717) is 34.5 Å². The summed E-state index contributed by atoms with van der Waals surface area (Å²) in [4.78, 5) is 14.4. The Hall–Kier alpha value is -3.52. The number of halogens is 3. The molecule has 0 atom stereocenters. The first kappa shape index (κ1) is 24.8. The van der Waals surface area contributed by atoms with Crippen LogP contribution in [0, 0.1) is 12.7 Å². The molecule has 1 saturated heterocycles. The first-order valence-corrected chi connectivity index (χ1v) is 13.1. The summed E-state index contributed by atoms with van der Waals surface area (Å²) < 4.78 is 21.8. The largest absolute Gasteiger partial charge is 0.381 e. The van der Waals surface area contributed by atoms with Crippen molar-refractivity contribution in [3.8, 4) is 17.1 Å². The van der Waals surface area contributed by atoms with E-state index in [1.807, 2.05) is 41.8 Å². The highest BCUT2D eigenvalue weighted by Gasteiger charge is 2.19. The molecule has 0 bridgehead atoms. The molecule has 2 aliphatic heterocycles. The average Bonchev–Trinajstić information content (AvgIpc) is 2.91. The third kappa shape index (κ3) is 4.97. The molecule has 1 aromatic heterocycles. The Balaban J connectivity index is 1.63. The van der Waals surface area contributed by atoms with Gasteiger partial charge in [-0.05, 0) is 74.4 Å². The van der Waals surface area contributed by atoms with Gasteiger partial charge in [0.2, 0.25) is 0 Å². The first-order chi connectivity index (χ1) is 18.4. The van der Waals surface area contributed by atoms with E-state index in [1.54, 1.807) is 24.4 Å². The monoisotopic (exact) mass is 547 g/mol. The first-order valence-electron chi connectivity index (χ1n) is 12.4. The zero-order valence-corrected chi connectivity index (χ0v) is 22.1. The molecule has 2 aromatic carbocycles. The highest BCUT2D eigenvalue weighted by Crippen LogP contribution is 2.33. The topological polar surface area (TPSA) is 64.3 Å². The number of hydrogen-bond acceptors (Lipinski definition) is 5. The van der Waals surface area contributed by atoms with E-state index in [9.17, 15) is 4.39 Å². The molecule has 38 heavy (non-hydrogen) atoms. The van der Waals surface area contributed by atoms with Gasteiger partial charge in [-0.1, -0.05) is 23.2 Å². The maximum Gasteiger partial charge on any atom is 0.125 e. The van der Waals surface area contributed by atoms with Crippen molar-refractivity contribution in [2.45, 2.75) is 25.8 Å². The van der Waals surface area contributed by atoms with Crippen molar-refractivity contribution >= 4 is 45.6 Å². The van der Waals surface area contributed by atoms with E-state index >= 15 is 0 Å². The van der Waals surface area contributed by atoms with Crippen molar-refractivity contribution in [2.24, 2.45) is 4.99 Å². The van der Waals surface area contributed by atoms with Gasteiger partial charge in [-0.15, -0.1) is 0 Å². The van der Waals surface area contributed by atoms with Gasteiger partial charge in [-0.2, -0.15) is 0 Å². The quantitative estimate of drug-likeness (QED) is 0.243. The zero-order valence-electron chi connectivity index (χ0n) is 20.6. The Labute approximate surface area is 229 Å². The lowest BCUT2D eigenvalue weighted by molar-refractivity contribution is 0.0864. The second-order valence-electron chi connectivity index (χ2n) is 9.32. The van der Waals surface area contributed by atoms with Crippen LogP contribution in [-0.4, -0.2) is 33.8 Å². The van der Waals surface area contributed by atoms with Crippen LogP contribution in [0.3, 0.4) is 0 Å². The summed E-state index contributed by atoms with van der Waals surface area (Å²) in [5, 5.41) is 5.14. The fraction of sp³-hybridized carbons (Fsp3) is 0.207. The summed E-state index contributed by atoms with van der Waals surface area (Å²) in [6, 6.07) is 18.0. The number of hydrogen-bond donors (Lipinski definition) is 1. The van der Waals surface area contributed by atoms with Crippen molar-refractivity contribution in [1.82, 2.24) is 14.5 Å². The molecular weight excluding hydrogens is 524 g/mol. The van der Waals surface area contributed by atoms with Gasteiger partial charge in [-0.25, -0.2) is 9.37 Å². The summed E-state index contributed by atoms with van der Waals surface area (Å²) in [6.45, 7) is 3.32. The Morgan fingerprint density at radius 3 is 2.61 bits per heavy atom. The van der Waals surface area contributed by atoms with Gasteiger partial charge in [0, 0.05) is 30.7 Å². The summed E-state index contributed by atoms with van der Waals surface area (Å²) in [5.74, 6) is -0.361. The minimum Gasteiger partial charge on any atom is -0.381 e. The molecule has 0 radical (unpaired) electrons. The molecule has 9 heteroatoms. The molecule has 6 rings (SSSR count). The molecule has 0 saturated carbocycles. The van der Waals surface area contributed by atoms with Crippen LogP contribution in [0.25, 0.3) is 28.1 Å². The Morgan fingerprint density at radius 2 is 1.84 bits per heavy atom. The highest BCUT2D eigenvalue weighted by molar-refractivity contribution is 6.42. The molecule has 1 N–H and O–H groups in total. The van der Waals surface area contributed by atoms with Gasteiger partial charge >= 0.3 is 0 Å². The molecule has 1 fully saturated rings. The van der Waals surface area contributed by atoms with Crippen LogP contribution >= 0.6 is 23.2 Å². The predicted molar refractivity (Wildman–Crippen MR) is 149 cm³/mol. The van der Waals surface area contributed by atoms with E-state index in [2.05, 4.69) is 10.3 Å². The van der Waals surface area contributed by atoms with Crippen molar-refractivity contribution in [3.05, 3.63) is 93.8 Å². The third-order valence-electron chi connectivity index (χ3n) is 6.62. The number of anilines is 2. The number of fused-ring (bicyclic) bond motifs is 2. The molecule has 0 amide bonds. The third-order valence-corrected chi connectivity index (χ3v) is 7.36.